The Labute approximate surface area is 132 Å². The molecule has 0 aliphatic heterocycles. The molecule has 0 spiro atoms. The molecule has 2 rings (SSSR count). The van der Waals surface area contributed by atoms with Crippen molar-refractivity contribution >= 4 is 21.9 Å². The first-order chi connectivity index (χ1) is 9.90. The first-order valence-electron chi connectivity index (χ1n) is 6.72. The number of halogens is 1. The van der Waals surface area contributed by atoms with Gasteiger partial charge in [-0.3, -0.25) is 4.79 Å². The number of carboxylic acids is 1. The van der Waals surface area contributed by atoms with E-state index in [-0.39, 0.29) is 0 Å². The van der Waals surface area contributed by atoms with Crippen LogP contribution in [-0.2, 0) is 11.2 Å². The standard InChI is InChI=1S/C16H17BrN2O2/c1-9(16(20)21)8-13-10(2)18-15(19-11(13)3)12-6-4-5-7-14(12)17/h4-7,9H,8H2,1-3H3,(H,20,21). The van der Waals surface area contributed by atoms with Gasteiger partial charge in [0.2, 0.25) is 0 Å². The number of aromatic nitrogens is 2. The van der Waals surface area contributed by atoms with E-state index in [4.69, 9.17) is 5.11 Å². The van der Waals surface area contributed by atoms with E-state index in [0.717, 1.165) is 27.0 Å². The van der Waals surface area contributed by atoms with E-state index < -0.39 is 11.9 Å². The van der Waals surface area contributed by atoms with Crippen molar-refractivity contribution in [2.45, 2.75) is 27.2 Å². The summed E-state index contributed by atoms with van der Waals surface area (Å²) in [6.07, 6.45) is 0.448. The second kappa shape index (κ2) is 6.35. The van der Waals surface area contributed by atoms with E-state index in [9.17, 15) is 4.79 Å². The van der Waals surface area contributed by atoms with Crippen LogP contribution in [-0.4, -0.2) is 21.0 Å². The zero-order chi connectivity index (χ0) is 15.6. The van der Waals surface area contributed by atoms with E-state index in [0.29, 0.717) is 12.2 Å². The molecule has 0 radical (unpaired) electrons. The maximum absolute atomic E-state index is 11.0. The lowest BCUT2D eigenvalue weighted by Crippen LogP contribution is -2.15. The van der Waals surface area contributed by atoms with Gasteiger partial charge in [-0.05, 0) is 31.9 Å². The highest BCUT2D eigenvalue weighted by atomic mass is 79.9. The molecule has 1 heterocycles. The molecule has 0 saturated carbocycles. The average molecular weight is 349 g/mol. The Balaban J connectivity index is 2.42. The molecular formula is C16H17BrN2O2. The Bertz CT molecular complexity index is 663. The minimum atomic E-state index is -0.802. The van der Waals surface area contributed by atoms with Gasteiger partial charge in [-0.2, -0.15) is 0 Å². The molecule has 1 aromatic heterocycles. The highest BCUT2D eigenvalue weighted by Gasteiger charge is 2.17. The fourth-order valence-corrected chi connectivity index (χ4v) is 2.65. The summed E-state index contributed by atoms with van der Waals surface area (Å²) >= 11 is 3.50. The zero-order valence-electron chi connectivity index (χ0n) is 12.2. The molecule has 0 amide bonds. The van der Waals surface area contributed by atoms with Crippen molar-refractivity contribution in [3.05, 3.63) is 45.7 Å². The average Bonchev–Trinajstić information content (AvgIpc) is 2.42. The van der Waals surface area contributed by atoms with Gasteiger partial charge in [-0.1, -0.05) is 41.1 Å². The number of nitrogens with zero attached hydrogens (tertiary/aromatic N) is 2. The molecule has 0 saturated heterocycles. The van der Waals surface area contributed by atoms with Crippen LogP contribution >= 0.6 is 15.9 Å². The molecule has 110 valence electrons. The van der Waals surface area contributed by atoms with Crippen LogP contribution in [0.4, 0.5) is 0 Å². The van der Waals surface area contributed by atoms with E-state index in [2.05, 4.69) is 25.9 Å². The summed E-state index contributed by atoms with van der Waals surface area (Å²) in [6.45, 7) is 5.50. The Hall–Kier alpha value is -1.75. The molecule has 1 aromatic carbocycles. The van der Waals surface area contributed by atoms with Crippen molar-refractivity contribution in [3.63, 3.8) is 0 Å². The normalized spacial score (nSPS) is 12.2. The molecule has 4 nitrogen and oxygen atoms in total. The molecule has 0 aliphatic carbocycles. The number of aryl methyl sites for hydroxylation is 2. The molecule has 1 unspecified atom stereocenters. The molecule has 1 N–H and O–H groups in total. The fourth-order valence-electron chi connectivity index (χ4n) is 2.19. The Kier molecular flexibility index (Phi) is 4.73. The van der Waals surface area contributed by atoms with Crippen LogP contribution in [0.5, 0.6) is 0 Å². The molecule has 5 heteroatoms. The Morgan fingerprint density at radius 1 is 1.24 bits per heavy atom. The third-order valence-electron chi connectivity index (χ3n) is 3.47. The molecule has 0 fully saturated rings. The van der Waals surface area contributed by atoms with Crippen molar-refractivity contribution in [2.75, 3.05) is 0 Å². The minimum Gasteiger partial charge on any atom is -0.481 e. The number of hydrogen-bond acceptors (Lipinski definition) is 3. The van der Waals surface area contributed by atoms with Crippen LogP contribution in [0, 0.1) is 19.8 Å². The second-order valence-electron chi connectivity index (χ2n) is 5.12. The first kappa shape index (κ1) is 15.6. The molecule has 2 aromatic rings. The van der Waals surface area contributed by atoms with Crippen LogP contribution in [0.2, 0.25) is 0 Å². The molecule has 21 heavy (non-hydrogen) atoms. The summed E-state index contributed by atoms with van der Waals surface area (Å²) in [6, 6.07) is 7.78. The topological polar surface area (TPSA) is 63.1 Å². The Morgan fingerprint density at radius 3 is 2.33 bits per heavy atom. The number of hydrogen-bond donors (Lipinski definition) is 1. The van der Waals surface area contributed by atoms with Gasteiger partial charge in [0, 0.05) is 21.4 Å². The molecule has 0 aliphatic rings. The number of benzene rings is 1. The van der Waals surface area contributed by atoms with Gasteiger partial charge in [-0.15, -0.1) is 0 Å². The van der Waals surface area contributed by atoms with E-state index in [1.54, 1.807) is 6.92 Å². The van der Waals surface area contributed by atoms with Gasteiger partial charge in [0.05, 0.1) is 5.92 Å². The lowest BCUT2D eigenvalue weighted by molar-refractivity contribution is -0.141. The number of aliphatic carboxylic acids is 1. The fraction of sp³-hybridized carbons (Fsp3) is 0.312. The number of carbonyl (C=O) groups is 1. The molecular weight excluding hydrogens is 332 g/mol. The maximum atomic E-state index is 11.0. The number of carboxylic acid groups (broad SMARTS) is 1. The SMILES string of the molecule is Cc1nc(-c2ccccc2Br)nc(C)c1CC(C)C(=O)O. The predicted molar refractivity (Wildman–Crippen MR) is 85.1 cm³/mol. The van der Waals surface area contributed by atoms with Gasteiger partial charge in [0.1, 0.15) is 0 Å². The summed E-state index contributed by atoms with van der Waals surface area (Å²) < 4.78 is 0.940. The van der Waals surface area contributed by atoms with Crippen molar-refractivity contribution in [1.82, 2.24) is 9.97 Å². The summed E-state index contributed by atoms with van der Waals surface area (Å²) in [7, 11) is 0. The summed E-state index contributed by atoms with van der Waals surface area (Å²) in [5.41, 5.74) is 3.52. The van der Waals surface area contributed by atoms with Gasteiger partial charge in [0.15, 0.2) is 5.82 Å². The Morgan fingerprint density at radius 2 is 1.81 bits per heavy atom. The summed E-state index contributed by atoms with van der Waals surface area (Å²) in [4.78, 5) is 20.1. The summed E-state index contributed by atoms with van der Waals surface area (Å²) in [5, 5.41) is 9.05. The largest absolute Gasteiger partial charge is 0.481 e. The van der Waals surface area contributed by atoms with E-state index >= 15 is 0 Å². The maximum Gasteiger partial charge on any atom is 0.306 e. The van der Waals surface area contributed by atoms with Crippen molar-refractivity contribution in [3.8, 4) is 11.4 Å². The smallest absolute Gasteiger partial charge is 0.306 e. The molecule has 1 atom stereocenters. The van der Waals surface area contributed by atoms with Gasteiger partial charge in [-0.25, -0.2) is 9.97 Å². The van der Waals surface area contributed by atoms with Crippen molar-refractivity contribution < 1.29 is 9.90 Å². The third kappa shape index (κ3) is 3.47. The van der Waals surface area contributed by atoms with Crippen molar-refractivity contribution in [1.29, 1.82) is 0 Å². The predicted octanol–water partition coefficient (Wildman–Crippen LogP) is 3.79. The highest BCUT2D eigenvalue weighted by Crippen LogP contribution is 2.27. The lowest BCUT2D eigenvalue weighted by Gasteiger charge is -2.13. The van der Waals surface area contributed by atoms with Gasteiger partial charge < -0.3 is 5.11 Å². The molecule has 0 bridgehead atoms. The van der Waals surface area contributed by atoms with Gasteiger partial charge in [0.25, 0.3) is 0 Å². The number of rotatable bonds is 4. The summed E-state index contributed by atoms with van der Waals surface area (Å²) in [5.74, 6) is -0.590. The lowest BCUT2D eigenvalue weighted by atomic mass is 9.99. The van der Waals surface area contributed by atoms with Crippen LogP contribution < -0.4 is 0 Å². The third-order valence-corrected chi connectivity index (χ3v) is 4.16. The zero-order valence-corrected chi connectivity index (χ0v) is 13.8. The quantitative estimate of drug-likeness (QED) is 0.912. The minimum absolute atomic E-state index is 0.444. The van der Waals surface area contributed by atoms with Crippen LogP contribution in [0.1, 0.15) is 23.9 Å². The van der Waals surface area contributed by atoms with Gasteiger partial charge >= 0.3 is 5.97 Å². The monoisotopic (exact) mass is 348 g/mol. The highest BCUT2D eigenvalue weighted by molar-refractivity contribution is 9.10. The first-order valence-corrected chi connectivity index (χ1v) is 7.51. The van der Waals surface area contributed by atoms with Crippen molar-refractivity contribution in [2.24, 2.45) is 5.92 Å². The van der Waals surface area contributed by atoms with E-state index in [1.165, 1.54) is 0 Å². The van der Waals surface area contributed by atoms with Crippen LogP contribution in [0.3, 0.4) is 0 Å². The van der Waals surface area contributed by atoms with Crippen LogP contribution in [0.25, 0.3) is 11.4 Å². The second-order valence-corrected chi connectivity index (χ2v) is 5.97. The van der Waals surface area contributed by atoms with Crippen LogP contribution in [0.15, 0.2) is 28.7 Å². The van der Waals surface area contributed by atoms with E-state index in [1.807, 2.05) is 38.1 Å².